The van der Waals surface area contributed by atoms with Gasteiger partial charge in [-0.2, -0.15) is 0 Å². The Kier molecular flexibility index (Phi) is 4.19. The predicted molar refractivity (Wildman–Crippen MR) is 81.0 cm³/mol. The van der Waals surface area contributed by atoms with Crippen molar-refractivity contribution in [2.24, 2.45) is 28.9 Å². The molecule has 3 saturated carbocycles. The van der Waals surface area contributed by atoms with Crippen LogP contribution in [-0.2, 0) is 0 Å². The largest absolute Gasteiger partial charge is 0.330 e. The van der Waals surface area contributed by atoms with Crippen LogP contribution in [0.1, 0.15) is 58.3 Å². The van der Waals surface area contributed by atoms with E-state index in [0.29, 0.717) is 5.41 Å². The summed E-state index contributed by atoms with van der Waals surface area (Å²) in [6.07, 6.45) is 11.5. The zero-order valence-electron chi connectivity index (χ0n) is 12.7. The van der Waals surface area contributed by atoms with Crippen LogP contribution in [-0.4, -0.2) is 31.1 Å². The summed E-state index contributed by atoms with van der Waals surface area (Å²) in [4.78, 5) is 2.80. The average molecular weight is 264 g/mol. The summed E-state index contributed by atoms with van der Waals surface area (Å²) < 4.78 is 0. The highest BCUT2D eigenvalue weighted by Crippen LogP contribution is 2.41. The molecule has 3 aliphatic carbocycles. The Balaban J connectivity index is 1.57. The van der Waals surface area contributed by atoms with Gasteiger partial charge in [-0.25, -0.2) is 0 Å². The fraction of sp³-hybridized carbons (Fsp3) is 1.00. The zero-order chi connectivity index (χ0) is 13.3. The van der Waals surface area contributed by atoms with Gasteiger partial charge >= 0.3 is 0 Å². The maximum Gasteiger partial charge on any atom is 0.00503 e. The Bertz CT molecular complexity index is 272. The van der Waals surface area contributed by atoms with E-state index in [9.17, 15) is 0 Å². The second-order valence-electron chi connectivity index (χ2n) is 7.97. The van der Waals surface area contributed by atoms with Crippen molar-refractivity contribution in [2.45, 2.75) is 58.3 Å². The Labute approximate surface area is 119 Å². The van der Waals surface area contributed by atoms with E-state index >= 15 is 0 Å². The Morgan fingerprint density at radius 2 is 1.47 bits per heavy atom. The topological polar surface area (TPSA) is 29.3 Å². The normalized spacial score (nSPS) is 35.8. The molecule has 2 nitrogen and oxygen atoms in total. The van der Waals surface area contributed by atoms with Crippen LogP contribution in [0.3, 0.4) is 0 Å². The molecule has 0 bridgehead atoms. The number of hydrogen-bond donors (Lipinski definition) is 1. The lowest BCUT2D eigenvalue weighted by atomic mass is 9.70. The molecule has 0 spiro atoms. The van der Waals surface area contributed by atoms with E-state index in [1.807, 2.05) is 0 Å². The molecular weight excluding hydrogens is 232 g/mol. The third-order valence-corrected chi connectivity index (χ3v) is 5.75. The van der Waals surface area contributed by atoms with Gasteiger partial charge in [-0.1, -0.05) is 19.8 Å². The van der Waals surface area contributed by atoms with E-state index in [0.717, 1.165) is 24.3 Å². The summed E-state index contributed by atoms with van der Waals surface area (Å²) in [5.41, 5.74) is 6.65. The maximum atomic E-state index is 6.20. The molecule has 0 aromatic carbocycles. The molecule has 0 radical (unpaired) electrons. The maximum absolute atomic E-state index is 6.20. The number of rotatable bonds is 7. The highest BCUT2D eigenvalue weighted by Gasteiger charge is 2.37. The summed E-state index contributed by atoms with van der Waals surface area (Å²) in [5.74, 6) is 2.98. The molecule has 0 amide bonds. The van der Waals surface area contributed by atoms with Gasteiger partial charge in [0.25, 0.3) is 0 Å². The molecule has 3 rings (SSSR count). The molecule has 2 N–H and O–H groups in total. The van der Waals surface area contributed by atoms with Crippen molar-refractivity contribution < 1.29 is 0 Å². The van der Waals surface area contributed by atoms with Crippen molar-refractivity contribution in [1.29, 1.82) is 0 Å². The summed E-state index contributed by atoms with van der Waals surface area (Å²) in [5, 5.41) is 0. The van der Waals surface area contributed by atoms with Gasteiger partial charge in [0.1, 0.15) is 0 Å². The van der Waals surface area contributed by atoms with E-state index in [2.05, 4.69) is 11.8 Å². The van der Waals surface area contributed by atoms with Crippen LogP contribution in [0.25, 0.3) is 0 Å². The molecule has 3 aliphatic rings. The van der Waals surface area contributed by atoms with Crippen LogP contribution in [0, 0.1) is 23.2 Å². The SMILES string of the molecule is CC1CCC(CN)(CN(CC2CC2)CC2CC2)CC1. The molecule has 0 saturated heterocycles. The quantitative estimate of drug-likeness (QED) is 0.765. The first kappa shape index (κ1) is 13.9. The highest BCUT2D eigenvalue weighted by atomic mass is 15.1. The fourth-order valence-corrected chi connectivity index (χ4v) is 3.81. The van der Waals surface area contributed by atoms with Crippen molar-refractivity contribution in [3.05, 3.63) is 0 Å². The van der Waals surface area contributed by atoms with Gasteiger partial charge in [-0.3, -0.25) is 0 Å². The third-order valence-electron chi connectivity index (χ3n) is 5.75. The summed E-state index contributed by atoms with van der Waals surface area (Å²) >= 11 is 0. The van der Waals surface area contributed by atoms with E-state index < -0.39 is 0 Å². The van der Waals surface area contributed by atoms with Gasteiger partial charge in [-0.05, 0) is 68.2 Å². The van der Waals surface area contributed by atoms with Gasteiger partial charge in [0.2, 0.25) is 0 Å². The van der Waals surface area contributed by atoms with Crippen molar-refractivity contribution in [3.63, 3.8) is 0 Å². The van der Waals surface area contributed by atoms with Gasteiger partial charge in [0.15, 0.2) is 0 Å². The third kappa shape index (κ3) is 3.95. The second-order valence-corrected chi connectivity index (χ2v) is 7.97. The molecule has 0 aromatic heterocycles. The van der Waals surface area contributed by atoms with Gasteiger partial charge in [-0.15, -0.1) is 0 Å². The van der Waals surface area contributed by atoms with Crippen LogP contribution in [0.5, 0.6) is 0 Å². The monoisotopic (exact) mass is 264 g/mol. The van der Waals surface area contributed by atoms with Crippen molar-refractivity contribution in [3.8, 4) is 0 Å². The fourth-order valence-electron chi connectivity index (χ4n) is 3.81. The van der Waals surface area contributed by atoms with E-state index in [1.165, 1.54) is 71.0 Å². The van der Waals surface area contributed by atoms with Crippen molar-refractivity contribution >= 4 is 0 Å². The highest BCUT2D eigenvalue weighted by molar-refractivity contribution is 4.91. The molecule has 0 aliphatic heterocycles. The number of nitrogens with zero attached hydrogens (tertiary/aromatic N) is 1. The number of hydrogen-bond acceptors (Lipinski definition) is 2. The lowest BCUT2D eigenvalue weighted by Gasteiger charge is -2.42. The van der Waals surface area contributed by atoms with Gasteiger partial charge in [0, 0.05) is 19.6 Å². The van der Waals surface area contributed by atoms with E-state index in [4.69, 9.17) is 5.73 Å². The zero-order valence-corrected chi connectivity index (χ0v) is 12.7. The lowest BCUT2D eigenvalue weighted by molar-refractivity contribution is 0.0891. The minimum Gasteiger partial charge on any atom is -0.330 e. The van der Waals surface area contributed by atoms with Crippen LogP contribution in [0.15, 0.2) is 0 Å². The smallest absolute Gasteiger partial charge is 0.00503 e. The Hall–Kier alpha value is -0.0800. The first-order valence-corrected chi connectivity index (χ1v) is 8.61. The molecule has 110 valence electrons. The number of nitrogens with two attached hydrogens (primary N) is 1. The minimum atomic E-state index is 0.455. The minimum absolute atomic E-state index is 0.455. The molecule has 0 heterocycles. The van der Waals surface area contributed by atoms with Crippen LogP contribution in [0.2, 0.25) is 0 Å². The first-order valence-electron chi connectivity index (χ1n) is 8.61. The lowest BCUT2D eigenvalue weighted by Crippen LogP contribution is -2.46. The van der Waals surface area contributed by atoms with Gasteiger partial charge < -0.3 is 10.6 Å². The van der Waals surface area contributed by atoms with Crippen molar-refractivity contribution in [2.75, 3.05) is 26.2 Å². The molecule has 2 heteroatoms. The Morgan fingerprint density at radius 3 is 1.89 bits per heavy atom. The molecule has 0 atom stereocenters. The second kappa shape index (κ2) is 5.73. The molecule has 19 heavy (non-hydrogen) atoms. The molecule has 0 aromatic rings. The average Bonchev–Trinajstić information content (AvgIpc) is 3.29. The van der Waals surface area contributed by atoms with Gasteiger partial charge in [0.05, 0.1) is 0 Å². The first-order chi connectivity index (χ1) is 9.19. The standard InChI is InChI=1S/C17H32N2/c1-14-6-8-17(12-18,9-7-14)13-19(10-15-2-3-15)11-16-4-5-16/h14-16H,2-13,18H2,1H3. The van der Waals surface area contributed by atoms with Crippen LogP contribution in [0.4, 0.5) is 0 Å². The van der Waals surface area contributed by atoms with Crippen LogP contribution < -0.4 is 5.73 Å². The summed E-state index contributed by atoms with van der Waals surface area (Å²) in [6.45, 7) is 7.35. The van der Waals surface area contributed by atoms with Crippen molar-refractivity contribution in [1.82, 2.24) is 4.90 Å². The predicted octanol–water partition coefficient (Wildman–Crippen LogP) is 3.26. The molecular formula is C17H32N2. The van der Waals surface area contributed by atoms with Crippen LogP contribution >= 0.6 is 0 Å². The van der Waals surface area contributed by atoms with E-state index in [1.54, 1.807) is 0 Å². The molecule has 0 unspecified atom stereocenters. The summed E-state index contributed by atoms with van der Waals surface area (Å²) in [6, 6.07) is 0. The van der Waals surface area contributed by atoms with E-state index in [-0.39, 0.29) is 0 Å². The summed E-state index contributed by atoms with van der Waals surface area (Å²) in [7, 11) is 0. The molecule has 3 fully saturated rings. The Morgan fingerprint density at radius 1 is 0.947 bits per heavy atom.